The van der Waals surface area contributed by atoms with Gasteiger partial charge in [0.2, 0.25) is 0 Å². The molecule has 0 bridgehead atoms. The maximum absolute atomic E-state index is 11.9. The van der Waals surface area contributed by atoms with Crippen LogP contribution in [0.5, 0.6) is 0 Å². The molecular formula is C10H14F3N. The monoisotopic (exact) mass is 205 g/mol. The van der Waals surface area contributed by atoms with Crippen molar-refractivity contribution in [2.24, 2.45) is 0 Å². The van der Waals surface area contributed by atoms with E-state index in [1.165, 1.54) is 12.5 Å². The summed E-state index contributed by atoms with van der Waals surface area (Å²) in [6.07, 6.45) is -2.20. The molecule has 0 aliphatic carbocycles. The molecule has 0 atom stereocenters. The lowest BCUT2D eigenvalue weighted by Gasteiger charge is -2.04. The average molecular weight is 205 g/mol. The van der Waals surface area contributed by atoms with Crippen LogP contribution in [-0.2, 0) is 6.18 Å². The fraction of sp³-hybridized carbons (Fsp3) is 0.500. The van der Waals surface area contributed by atoms with Crippen molar-refractivity contribution in [3.05, 3.63) is 29.6 Å². The van der Waals surface area contributed by atoms with Crippen LogP contribution in [0, 0.1) is 6.92 Å². The molecule has 4 heteroatoms. The van der Waals surface area contributed by atoms with Crippen LogP contribution in [0.3, 0.4) is 0 Å². The second-order valence-corrected chi connectivity index (χ2v) is 2.89. The summed E-state index contributed by atoms with van der Waals surface area (Å²) in [6, 6.07) is 2.35. The van der Waals surface area contributed by atoms with Crippen molar-refractivity contribution in [3.63, 3.8) is 0 Å². The SMILES string of the molecule is CCC.Cc1ccc(C(F)(F)F)cn1. The molecule has 1 rings (SSSR count). The van der Waals surface area contributed by atoms with Gasteiger partial charge in [-0.25, -0.2) is 0 Å². The Kier molecular flexibility index (Phi) is 5.20. The first-order valence-corrected chi connectivity index (χ1v) is 4.41. The summed E-state index contributed by atoms with van der Waals surface area (Å²) in [7, 11) is 0. The molecule has 14 heavy (non-hydrogen) atoms. The van der Waals surface area contributed by atoms with Crippen LogP contribution in [0.1, 0.15) is 31.5 Å². The van der Waals surface area contributed by atoms with Crippen LogP contribution in [0.15, 0.2) is 18.3 Å². The Balaban J connectivity index is 0.000000500. The third kappa shape index (κ3) is 4.84. The van der Waals surface area contributed by atoms with Crippen LogP contribution in [0.4, 0.5) is 13.2 Å². The van der Waals surface area contributed by atoms with E-state index in [0.717, 1.165) is 12.3 Å². The van der Waals surface area contributed by atoms with E-state index >= 15 is 0 Å². The number of alkyl halides is 3. The normalized spacial score (nSPS) is 10.4. The molecule has 0 aliphatic rings. The Bertz CT molecular complexity index is 251. The number of nitrogens with zero attached hydrogens (tertiary/aromatic N) is 1. The van der Waals surface area contributed by atoms with Crippen molar-refractivity contribution in [2.75, 3.05) is 0 Å². The number of pyridine rings is 1. The number of hydrogen-bond acceptors (Lipinski definition) is 1. The molecule has 0 N–H and O–H groups in total. The van der Waals surface area contributed by atoms with Gasteiger partial charge in [0.05, 0.1) is 5.56 Å². The van der Waals surface area contributed by atoms with Gasteiger partial charge in [-0.15, -0.1) is 0 Å². The van der Waals surface area contributed by atoms with E-state index in [2.05, 4.69) is 18.8 Å². The zero-order chi connectivity index (χ0) is 11.2. The molecule has 1 aromatic heterocycles. The Morgan fingerprint density at radius 2 is 1.71 bits per heavy atom. The van der Waals surface area contributed by atoms with Crippen molar-refractivity contribution >= 4 is 0 Å². The molecule has 0 saturated carbocycles. The zero-order valence-corrected chi connectivity index (χ0v) is 8.52. The lowest BCUT2D eigenvalue weighted by atomic mass is 10.2. The minimum Gasteiger partial charge on any atom is -0.261 e. The maximum Gasteiger partial charge on any atom is 0.417 e. The smallest absolute Gasteiger partial charge is 0.261 e. The van der Waals surface area contributed by atoms with Crippen LogP contribution in [-0.4, -0.2) is 4.98 Å². The van der Waals surface area contributed by atoms with Crippen LogP contribution in [0.2, 0.25) is 0 Å². The zero-order valence-electron chi connectivity index (χ0n) is 8.52. The second kappa shape index (κ2) is 5.62. The number of aromatic nitrogens is 1. The fourth-order valence-corrected chi connectivity index (χ4v) is 0.635. The summed E-state index contributed by atoms with van der Waals surface area (Å²) in [4.78, 5) is 3.53. The Morgan fingerprint density at radius 3 is 2.00 bits per heavy atom. The predicted molar refractivity (Wildman–Crippen MR) is 49.9 cm³/mol. The molecule has 0 radical (unpaired) electrons. The molecule has 1 heterocycles. The van der Waals surface area contributed by atoms with Gasteiger partial charge >= 0.3 is 6.18 Å². The van der Waals surface area contributed by atoms with Gasteiger partial charge in [-0.1, -0.05) is 20.3 Å². The van der Waals surface area contributed by atoms with Gasteiger partial charge in [0, 0.05) is 11.9 Å². The minimum absolute atomic E-state index is 0.581. The van der Waals surface area contributed by atoms with Gasteiger partial charge in [-0.3, -0.25) is 4.98 Å². The molecule has 1 nitrogen and oxygen atoms in total. The van der Waals surface area contributed by atoms with Crippen molar-refractivity contribution in [1.82, 2.24) is 4.98 Å². The largest absolute Gasteiger partial charge is 0.417 e. The van der Waals surface area contributed by atoms with Crippen molar-refractivity contribution in [2.45, 2.75) is 33.4 Å². The summed E-state index contributed by atoms with van der Waals surface area (Å²) in [5.74, 6) is 0. The summed E-state index contributed by atoms with van der Waals surface area (Å²) in [6.45, 7) is 5.89. The van der Waals surface area contributed by atoms with Gasteiger partial charge in [-0.2, -0.15) is 13.2 Å². The third-order valence-electron chi connectivity index (χ3n) is 1.24. The molecule has 0 spiro atoms. The van der Waals surface area contributed by atoms with Crippen molar-refractivity contribution in [3.8, 4) is 0 Å². The van der Waals surface area contributed by atoms with Gasteiger partial charge in [0.25, 0.3) is 0 Å². The summed E-state index contributed by atoms with van der Waals surface area (Å²) >= 11 is 0. The molecule has 0 aromatic carbocycles. The van der Waals surface area contributed by atoms with Gasteiger partial charge < -0.3 is 0 Å². The van der Waals surface area contributed by atoms with E-state index in [4.69, 9.17) is 0 Å². The lowest BCUT2D eigenvalue weighted by molar-refractivity contribution is -0.137. The standard InChI is InChI=1S/C7H6F3N.C3H8/c1-5-2-3-6(4-11-5)7(8,9)10;1-3-2/h2-4H,1H3;3H2,1-2H3. The molecule has 0 amide bonds. The lowest BCUT2D eigenvalue weighted by Crippen LogP contribution is -2.05. The molecule has 80 valence electrons. The highest BCUT2D eigenvalue weighted by molar-refractivity contribution is 5.15. The highest BCUT2D eigenvalue weighted by atomic mass is 19.4. The maximum atomic E-state index is 11.9. The molecule has 0 saturated heterocycles. The molecule has 1 aromatic rings. The number of hydrogen-bond donors (Lipinski definition) is 0. The Morgan fingerprint density at radius 1 is 1.21 bits per heavy atom. The molecular weight excluding hydrogens is 191 g/mol. The molecule has 0 aliphatic heterocycles. The van der Waals surface area contributed by atoms with E-state index in [1.807, 2.05) is 0 Å². The van der Waals surface area contributed by atoms with Crippen LogP contribution >= 0.6 is 0 Å². The van der Waals surface area contributed by atoms with Crippen molar-refractivity contribution in [1.29, 1.82) is 0 Å². The second-order valence-electron chi connectivity index (χ2n) is 2.89. The van der Waals surface area contributed by atoms with Gasteiger partial charge in [-0.05, 0) is 19.1 Å². The Hall–Kier alpha value is -1.06. The number of halogens is 3. The average Bonchev–Trinajstić information content (AvgIpc) is 2.04. The number of rotatable bonds is 0. The predicted octanol–water partition coefficient (Wildman–Crippen LogP) is 3.83. The van der Waals surface area contributed by atoms with E-state index < -0.39 is 11.7 Å². The van der Waals surface area contributed by atoms with E-state index in [9.17, 15) is 13.2 Å². The quantitative estimate of drug-likeness (QED) is 0.627. The highest BCUT2D eigenvalue weighted by Gasteiger charge is 2.30. The highest BCUT2D eigenvalue weighted by Crippen LogP contribution is 2.28. The summed E-state index contributed by atoms with van der Waals surface area (Å²) in [5.41, 5.74) is -0.124. The van der Waals surface area contributed by atoms with Gasteiger partial charge in [0.15, 0.2) is 0 Å². The molecule has 0 fully saturated rings. The van der Waals surface area contributed by atoms with E-state index in [0.29, 0.717) is 5.69 Å². The minimum atomic E-state index is -4.28. The summed E-state index contributed by atoms with van der Waals surface area (Å²) < 4.78 is 35.6. The first kappa shape index (κ1) is 12.9. The van der Waals surface area contributed by atoms with Crippen LogP contribution in [0.25, 0.3) is 0 Å². The van der Waals surface area contributed by atoms with Crippen molar-refractivity contribution < 1.29 is 13.2 Å². The first-order chi connectivity index (χ1) is 6.41. The Labute approximate surface area is 82.0 Å². The van der Waals surface area contributed by atoms with E-state index in [1.54, 1.807) is 6.92 Å². The summed E-state index contributed by atoms with van der Waals surface area (Å²) in [5, 5.41) is 0. The first-order valence-electron chi connectivity index (χ1n) is 4.41. The van der Waals surface area contributed by atoms with Gasteiger partial charge in [0.1, 0.15) is 0 Å². The third-order valence-corrected chi connectivity index (χ3v) is 1.24. The fourth-order valence-electron chi connectivity index (χ4n) is 0.635. The number of aryl methyl sites for hydroxylation is 1. The molecule has 0 unspecified atom stereocenters. The van der Waals surface area contributed by atoms with Crippen LogP contribution < -0.4 is 0 Å². The van der Waals surface area contributed by atoms with E-state index in [-0.39, 0.29) is 0 Å². The topological polar surface area (TPSA) is 12.9 Å².